The lowest BCUT2D eigenvalue weighted by Crippen LogP contribution is -2.12. The molecule has 0 aliphatic rings. The first-order valence-corrected chi connectivity index (χ1v) is 6.94. The molecule has 0 unspecified atom stereocenters. The van der Waals surface area contributed by atoms with Gasteiger partial charge in [0.05, 0.1) is 11.8 Å². The first kappa shape index (κ1) is 13.5. The van der Waals surface area contributed by atoms with E-state index in [4.69, 9.17) is 4.42 Å². The Bertz CT molecular complexity index is 755. The highest BCUT2D eigenvalue weighted by Gasteiger charge is 2.10. The number of halogens is 1. The summed E-state index contributed by atoms with van der Waals surface area (Å²) in [4.78, 5) is 20.0. The molecule has 21 heavy (non-hydrogen) atoms. The molecule has 3 aromatic rings. The number of benzene rings is 1. The van der Waals surface area contributed by atoms with Crippen LogP contribution in [0.15, 0.2) is 64.2 Å². The average Bonchev–Trinajstić information content (AvgIpc) is 3.02. The number of amides is 1. The molecule has 0 aliphatic heterocycles. The maximum absolute atomic E-state index is 12.1. The molecule has 2 heterocycles. The van der Waals surface area contributed by atoms with Crippen molar-refractivity contribution >= 4 is 27.5 Å². The Hall–Kier alpha value is -2.47. The van der Waals surface area contributed by atoms with Crippen LogP contribution in [0.3, 0.4) is 0 Å². The van der Waals surface area contributed by atoms with Gasteiger partial charge >= 0.3 is 0 Å². The zero-order valence-electron chi connectivity index (χ0n) is 10.8. The van der Waals surface area contributed by atoms with Gasteiger partial charge in [-0.15, -0.1) is 0 Å². The molecule has 0 aliphatic carbocycles. The first-order chi connectivity index (χ1) is 10.2. The van der Waals surface area contributed by atoms with Crippen LogP contribution in [-0.4, -0.2) is 15.9 Å². The number of hydrogen-bond acceptors (Lipinski definition) is 4. The van der Waals surface area contributed by atoms with Gasteiger partial charge in [-0.1, -0.05) is 0 Å². The van der Waals surface area contributed by atoms with Gasteiger partial charge in [-0.05, 0) is 52.3 Å². The third-order valence-electron chi connectivity index (χ3n) is 2.86. The summed E-state index contributed by atoms with van der Waals surface area (Å²) in [7, 11) is 0. The Morgan fingerprint density at radius 1 is 1.19 bits per heavy atom. The van der Waals surface area contributed by atoms with Gasteiger partial charge in [-0.25, -0.2) is 9.97 Å². The molecule has 0 saturated heterocycles. The van der Waals surface area contributed by atoms with Crippen LogP contribution in [0, 0.1) is 0 Å². The first-order valence-electron chi connectivity index (χ1n) is 6.15. The van der Waals surface area contributed by atoms with Crippen LogP contribution in [0.5, 0.6) is 0 Å². The van der Waals surface area contributed by atoms with Gasteiger partial charge in [0.25, 0.3) is 5.91 Å². The molecule has 5 nitrogen and oxygen atoms in total. The molecule has 0 fully saturated rings. The van der Waals surface area contributed by atoms with Gasteiger partial charge < -0.3 is 9.73 Å². The summed E-state index contributed by atoms with van der Waals surface area (Å²) in [5.74, 6) is 0.463. The van der Waals surface area contributed by atoms with E-state index in [2.05, 4.69) is 31.2 Å². The SMILES string of the molecule is O=C(Nc1ccc(-c2cnco2)cc1)c1cccnc1Br. The van der Waals surface area contributed by atoms with Crippen molar-refractivity contribution in [2.75, 3.05) is 5.32 Å². The molecule has 6 heteroatoms. The van der Waals surface area contributed by atoms with Gasteiger partial charge in [-0.2, -0.15) is 0 Å². The number of hydrogen-bond donors (Lipinski definition) is 1. The number of nitrogens with one attached hydrogen (secondary N) is 1. The summed E-state index contributed by atoms with van der Waals surface area (Å²) in [5, 5.41) is 2.82. The van der Waals surface area contributed by atoms with Crippen molar-refractivity contribution in [1.82, 2.24) is 9.97 Å². The molecule has 104 valence electrons. The Morgan fingerprint density at radius 2 is 2.00 bits per heavy atom. The molecular weight excluding hydrogens is 334 g/mol. The van der Waals surface area contributed by atoms with Gasteiger partial charge in [0.2, 0.25) is 0 Å². The Labute approximate surface area is 129 Å². The van der Waals surface area contributed by atoms with Crippen LogP contribution in [0.2, 0.25) is 0 Å². The lowest BCUT2D eigenvalue weighted by Gasteiger charge is -2.06. The van der Waals surface area contributed by atoms with Crippen LogP contribution in [0.4, 0.5) is 5.69 Å². The van der Waals surface area contributed by atoms with Crippen molar-refractivity contribution in [3.63, 3.8) is 0 Å². The fraction of sp³-hybridized carbons (Fsp3) is 0. The van der Waals surface area contributed by atoms with Crippen LogP contribution in [0.1, 0.15) is 10.4 Å². The Morgan fingerprint density at radius 3 is 2.67 bits per heavy atom. The number of carbonyl (C=O) groups is 1. The fourth-order valence-electron chi connectivity index (χ4n) is 1.83. The van der Waals surface area contributed by atoms with Gasteiger partial charge in [0.15, 0.2) is 12.2 Å². The summed E-state index contributed by atoms with van der Waals surface area (Å²) in [6, 6.07) is 10.7. The van der Waals surface area contributed by atoms with E-state index in [-0.39, 0.29) is 5.91 Å². The molecule has 2 aromatic heterocycles. The molecule has 0 bridgehead atoms. The van der Waals surface area contributed by atoms with Crippen molar-refractivity contribution in [1.29, 1.82) is 0 Å². The number of pyridine rings is 1. The lowest BCUT2D eigenvalue weighted by atomic mass is 10.1. The van der Waals surface area contributed by atoms with Crippen molar-refractivity contribution in [3.05, 3.63) is 65.4 Å². The largest absolute Gasteiger partial charge is 0.444 e. The predicted octanol–water partition coefficient (Wildman–Crippen LogP) is 3.75. The third kappa shape index (κ3) is 3.00. The standard InChI is InChI=1S/C15H10BrN3O2/c16-14-12(2-1-7-18-14)15(20)19-11-5-3-10(4-6-11)13-8-17-9-21-13/h1-9H,(H,19,20). The number of rotatable bonds is 3. The summed E-state index contributed by atoms with van der Waals surface area (Å²) < 4.78 is 5.73. The summed E-state index contributed by atoms with van der Waals surface area (Å²) in [5.41, 5.74) is 2.07. The monoisotopic (exact) mass is 343 g/mol. The molecule has 0 saturated carbocycles. The van der Waals surface area contributed by atoms with Crippen molar-refractivity contribution in [2.24, 2.45) is 0 Å². The van der Waals surface area contributed by atoms with Crippen LogP contribution >= 0.6 is 15.9 Å². The lowest BCUT2D eigenvalue weighted by molar-refractivity contribution is 0.102. The smallest absolute Gasteiger partial charge is 0.258 e. The minimum absolute atomic E-state index is 0.220. The number of anilines is 1. The molecule has 1 amide bonds. The second-order valence-corrected chi connectivity index (χ2v) is 4.99. The summed E-state index contributed by atoms with van der Waals surface area (Å²) >= 11 is 3.26. The van der Waals surface area contributed by atoms with E-state index in [1.807, 2.05) is 12.1 Å². The molecular formula is C15H10BrN3O2. The minimum atomic E-state index is -0.220. The number of carbonyl (C=O) groups excluding carboxylic acids is 1. The van der Waals surface area contributed by atoms with E-state index in [9.17, 15) is 4.79 Å². The van der Waals surface area contributed by atoms with Crippen molar-refractivity contribution in [3.8, 4) is 11.3 Å². The van der Waals surface area contributed by atoms with E-state index >= 15 is 0 Å². The van der Waals surface area contributed by atoms with Gasteiger partial charge in [0.1, 0.15) is 4.60 Å². The maximum Gasteiger partial charge on any atom is 0.258 e. The average molecular weight is 344 g/mol. The second-order valence-electron chi connectivity index (χ2n) is 4.24. The van der Waals surface area contributed by atoms with Gasteiger partial charge in [0, 0.05) is 17.4 Å². The van der Waals surface area contributed by atoms with Gasteiger partial charge in [-0.3, -0.25) is 4.79 Å². The molecule has 0 radical (unpaired) electrons. The normalized spacial score (nSPS) is 10.3. The van der Waals surface area contributed by atoms with Crippen LogP contribution < -0.4 is 5.32 Å². The Kier molecular flexibility index (Phi) is 3.79. The number of nitrogens with zero attached hydrogens (tertiary/aromatic N) is 2. The zero-order chi connectivity index (χ0) is 14.7. The minimum Gasteiger partial charge on any atom is -0.444 e. The summed E-state index contributed by atoms with van der Waals surface area (Å²) in [6.45, 7) is 0. The highest BCUT2D eigenvalue weighted by atomic mass is 79.9. The molecule has 3 rings (SSSR count). The van der Waals surface area contributed by atoms with Crippen molar-refractivity contribution < 1.29 is 9.21 Å². The van der Waals surface area contributed by atoms with E-state index in [0.717, 1.165) is 5.56 Å². The van der Waals surface area contributed by atoms with E-state index < -0.39 is 0 Å². The molecule has 0 spiro atoms. The maximum atomic E-state index is 12.1. The predicted molar refractivity (Wildman–Crippen MR) is 81.8 cm³/mol. The second kappa shape index (κ2) is 5.88. The molecule has 0 atom stereocenters. The van der Waals surface area contributed by atoms with E-state index in [0.29, 0.717) is 21.6 Å². The molecule has 1 N–H and O–H groups in total. The number of aromatic nitrogens is 2. The summed E-state index contributed by atoms with van der Waals surface area (Å²) in [6.07, 6.45) is 4.64. The number of oxazole rings is 1. The van der Waals surface area contributed by atoms with E-state index in [1.54, 1.807) is 36.7 Å². The highest BCUT2D eigenvalue weighted by molar-refractivity contribution is 9.10. The quantitative estimate of drug-likeness (QED) is 0.735. The van der Waals surface area contributed by atoms with Crippen LogP contribution in [-0.2, 0) is 0 Å². The highest BCUT2D eigenvalue weighted by Crippen LogP contribution is 2.21. The van der Waals surface area contributed by atoms with Crippen molar-refractivity contribution in [2.45, 2.75) is 0 Å². The fourth-order valence-corrected chi connectivity index (χ4v) is 2.26. The topological polar surface area (TPSA) is 68.0 Å². The third-order valence-corrected chi connectivity index (χ3v) is 3.50. The molecule has 1 aromatic carbocycles. The van der Waals surface area contributed by atoms with Crippen LogP contribution in [0.25, 0.3) is 11.3 Å². The Balaban J connectivity index is 1.77. The zero-order valence-corrected chi connectivity index (χ0v) is 12.4. The van der Waals surface area contributed by atoms with E-state index in [1.165, 1.54) is 6.39 Å².